The van der Waals surface area contributed by atoms with Gasteiger partial charge in [-0.15, -0.1) is 0 Å². The zero-order valence-corrected chi connectivity index (χ0v) is 32.8. The molecule has 4 nitrogen and oxygen atoms in total. The van der Waals surface area contributed by atoms with Gasteiger partial charge in [-0.05, 0) is 92.5 Å². The van der Waals surface area contributed by atoms with Crippen LogP contribution in [0, 0.1) is 0 Å². The van der Waals surface area contributed by atoms with E-state index in [0.29, 0.717) is 6.54 Å². The lowest BCUT2D eigenvalue weighted by Gasteiger charge is -2.34. The van der Waals surface area contributed by atoms with Gasteiger partial charge in [0.1, 0.15) is 6.17 Å². The van der Waals surface area contributed by atoms with E-state index in [4.69, 9.17) is 0 Å². The van der Waals surface area contributed by atoms with E-state index in [-0.39, 0.29) is 11.6 Å². The van der Waals surface area contributed by atoms with Crippen LogP contribution in [-0.2, 0) is 12.0 Å². The molecular weight excluding hydrogens is 705 g/mol. The first-order valence-corrected chi connectivity index (χ1v) is 20.0. The van der Waals surface area contributed by atoms with E-state index in [1.807, 2.05) is 6.07 Å². The summed E-state index contributed by atoms with van der Waals surface area (Å²) >= 11 is 0. The molecule has 280 valence electrons. The average molecular weight is 749 g/mol. The second-order valence-electron chi connectivity index (χ2n) is 15.8. The molecule has 0 aliphatic heterocycles. The van der Waals surface area contributed by atoms with Crippen LogP contribution >= 0.6 is 0 Å². The van der Waals surface area contributed by atoms with Crippen molar-refractivity contribution in [3.05, 3.63) is 216 Å². The topological polar surface area (TPSA) is 32.6 Å². The number of hydrogen-bond acceptors (Lipinski definition) is 3. The minimum Gasteiger partial charge on any atom is -0.342 e. The van der Waals surface area contributed by atoms with Crippen LogP contribution in [0.3, 0.4) is 0 Å². The third kappa shape index (κ3) is 5.97. The molecule has 4 heteroatoms. The molecule has 1 aliphatic carbocycles. The predicted octanol–water partition coefficient (Wildman–Crippen LogP) is 13.3. The number of para-hydroxylation sites is 2. The van der Waals surface area contributed by atoms with Crippen LogP contribution in [0.25, 0.3) is 60.9 Å². The SMILES string of the molecule is C=NNC(c1ccccc1)N(Cc1ccccc1)c1ccc(-n2c3ccccc3c3cccc(-c4cccc(-c5ccc6c(c5)C(C)(C)c5ccccc5-6)c4)c32)cc1. The number of benzene rings is 8. The molecule has 1 aliphatic rings. The highest BCUT2D eigenvalue weighted by molar-refractivity contribution is 6.14. The van der Waals surface area contributed by atoms with Gasteiger partial charge < -0.3 is 9.47 Å². The van der Waals surface area contributed by atoms with Gasteiger partial charge in [-0.2, -0.15) is 5.10 Å². The molecular formula is C54H44N4. The van der Waals surface area contributed by atoms with Crippen molar-refractivity contribution >= 4 is 34.2 Å². The zero-order chi connectivity index (χ0) is 39.2. The van der Waals surface area contributed by atoms with E-state index >= 15 is 0 Å². The van der Waals surface area contributed by atoms with Gasteiger partial charge in [0.15, 0.2) is 0 Å². The number of nitrogens with one attached hydrogen (secondary N) is 1. The van der Waals surface area contributed by atoms with Crippen molar-refractivity contribution in [1.82, 2.24) is 9.99 Å². The van der Waals surface area contributed by atoms with Gasteiger partial charge in [0.25, 0.3) is 0 Å². The van der Waals surface area contributed by atoms with Crippen molar-refractivity contribution in [3.63, 3.8) is 0 Å². The maximum Gasteiger partial charge on any atom is 0.141 e. The van der Waals surface area contributed by atoms with Gasteiger partial charge in [0, 0.05) is 46.4 Å². The molecule has 1 unspecified atom stereocenters. The summed E-state index contributed by atoms with van der Waals surface area (Å²) in [5.74, 6) is 0. The van der Waals surface area contributed by atoms with Crippen LogP contribution in [0.15, 0.2) is 199 Å². The Morgan fingerprint density at radius 2 is 1.21 bits per heavy atom. The molecule has 58 heavy (non-hydrogen) atoms. The number of anilines is 1. The number of hydrogen-bond donors (Lipinski definition) is 1. The third-order valence-corrected chi connectivity index (χ3v) is 12.1. The lowest BCUT2D eigenvalue weighted by atomic mass is 9.81. The normalized spacial score (nSPS) is 13.2. The van der Waals surface area contributed by atoms with Crippen molar-refractivity contribution in [2.45, 2.75) is 32.0 Å². The fraction of sp³-hybridized carbons (Fsp3) is 0.0926. The largest absolute Gasteiger partial charge is 0.342 e. The molecule has 0 radical (unpaired) electrons. The maximum absolute atomic E-state index is 4.18. The summed E-state index contributed by atoms with van der Waals surface area (Å²) in [5, 5.41) is 6.64. The van der Waals surface area contributed by atoms with Gasteiger partial charge in [-0.25, -0.2) is 0 Å². The minimum atomic E-state index is -0.219. The lowest BCUT2D eigenvalue weighted by molar-refractivity contribution is 0.518. The highest BCUT2D eigenvalue weighted by Gasteiger charge is 2.35. The van der Waals surface area contributed by atoms with Crippen molar-refractivity contribution in [1.29, 1.82) is 0 Å². The summed E-state index contributed by atoms with van der Waals surface area (Å²) < 4.78 is 2.44. The lowest BCUT2D eigenvalue weighted by Crippen LogP contribution is -2.36. The Morgan fingerprint density at radius 3 is 2.02 bits per heavy atom. The van der Waals surface area contributed by atoms with Gasteiger partial charge in [-0.1, -0.05) is 166 Å². The summed E-state index contributed by atoms with van der Waals surface area (Å²) in [6.45, 7) is 9.19. The molecule has 0 saturated heterocycles. The van der Waals surface area contributed by atoms with Gasteiger partial charge in [0.05, 0.1) is 11.0 Å². The highest BCUT2D eigenvalue weighted by Crippen LogP contribution is 2.50. The van der Waals surface area contributed by atoms with Gasteiger partial charge in [0.2, 0.25) is 0 Å². The van der Waals surface area contributed by atoms with E-state index in [1.54, 1.807) is 0 Å². The molecule has 8 aromatic carbocycles. The zero-order valence-electron chi connectivity index (χ0n) is 32.8. The first-order valence-electron chi connectivity index (χ1n) is 20.0. The van der Waals surface area contributed by atoms with Crippen LogP contribution in [-0.4, -0.2) is 11.3 Å². The molecule has 0 bridgehead atoms. The number of rotatable bonds is 10. The summed E-state index contributed by atoms with van der Waals surface area (Å²) in [4.78, 5) is 2.35. The number of aromatic nitrogens is 1. The predicted molar refractivity (Wildman–Crippen MR) is 244 cm³/mol. The summed E-state index contributed by atoms with van der Waals surface area (Å²) in [6, 6.07) is 70.4. The first-order chi connectivity index (χ1) is 28.5. The summed E-state index contributed by atoms with van der Waals surface area (Å²) in [5.41, 5.74) is 20.4. The molecule has 1 atom stereocenters. The average Bonchev–Trinajstić information content (AvgIpc) is 3.74. The van der Waals surface area contributed by atoms with Crippen LogP contribution in [0.1, 0.15) is 42.3 Å². The fourth-order valence-corrected chi connectivity index (χ4v) is 9.22. The van der Waals surface area contributed by atoms with Crippen LogP contribution < -0.4 is 10.3 Å². The van der Waals surface area contributed by atoms with E-state index in [1.165, 1.54) is 71.9 Å². The van der Waals surface area contributed by atoms with Crippen molar-refractivity contribution in [2.75, 3.05) is 4.90 Å². The molecule has 10 rings (SSSR count). The van der Waals surface area contributed by atoms with E-state index in [9.17, 15) is 0 Å². The van der Waals surface area contributed by atoms with Crippen LogP contribution in [0.2, 0.25) is 0 Å². The van der Waals surface area contributed by atoms with Crippen molar-refractivity contribution in [3.8, 4) is 39.1 Å². The number of fused-ring (bicyclic) bond motifs is 6. The quantitative estimate of drug-likeness (QED) is 0.0858. The molecule has 0 fully saturated rings. The van der Waals surface area contributed by atoms with Crippen molar-refractivity contribution in [2.24, 2.45) is 5.10 Å². The van der Waals surface area contributed by atoms with Crippen LogP contribution in [0.5, 0.6) is 0 Å². The van der Waals surface area contributed by atoms with E-state index in [2.05, 4.69) is 229 Å². The second kappa shape index (κ2) is 14.4. The maximum atomic E-state index is 4.18. The summed E-state index contributed by atoms with van der Waals surface area (Å²) in [6.07, 6.45) is -0.219. The van der Waals surface area contributed by atoms with Gasteiger partial charge >= 0.3 is 0 Å². The third-order valence-electron chi connectivity index (χ3n) is 12.1. The Labute approximate surface area is 340 Å². The van der Waals surface area contributed by atoms with E-state index in [0.717, 1.165) is 16.9 Å². The van der Waals surface area contributed by atoms with E-state index < -0.39 is 0 Å². The Morgan fingerprint density at radius 1 is 0.569 bits per heavy atom. The molecule has 0 saturated carbocycles. The Balaban J connectivity index is 1.08. The first kappa shape index (κ1) is 35.3. The molecule has 1 heterocycles. The van der Waals surface area contributed by atoms with Crippen LogP contribution in [0.4, 0.5) is 5.69 Å². The number of nitrogens with zero attached hydrogens (tertiary/aromatic N) is 3. The monoisotopic (exact) mass is 748 g/mol. The number of hydrazone groups is 1. The molecule has 1 N–H and O–H groups in total. The Kier molecular flexibility index (Phi) is 8.75. The Hall–Kier alpha value is -7.17. The smallest absolute Gasteiger partial charge is 0.141 e. The Bertz CT molecular complexity index is 2940. The molecule has 9 aromatic rings. The molecule has 1 aromatic heterocycles. The minimum absolute atomic E-state index is 0.0539. The standard InChI is InChI=1S/C54H44N4/c1-54(2)49-26-12-10-22-45(49)46-33-28-40(35-50(46)54)39-20-14-21-41(34-39)44-24-15-25-48-47-23-11-13-27-51(47)58(52(44)48)43-31-29-42(30-32-43)57(36-37-16-6-4-7-17-37)53(56-55-3)38-18-8-5-9-19-38/h4-35,53,56H,3,36H2,1-2H3. The summed E-state index contributed by atoms with van der Waals surface area (Å²) in [7, 11) is 0. The molecule has 0 spiro atoms. The second-order valence-corrected chi connectivity index (χ2v) is 15.8. The van der Waals surface area contributed by atoms with Crippen molar-refractivity contribution < 1.29 is 0 Å². The molecule has 0 amide bonds. The van der Waals surface area contributed by atoms with Gasteiger partial charge in [-0.3, -0.25) is 5.43 Å². The highest BCUT2D eigenvalue weighted by atomic mass is 15.4. The fourth-order valence-electron chi connectivity index (χ4n) is 9.22.